The summed E-state index contributed by atoms with van der Waals surface area (Å²) in [5.41, 5.74) is 0. The predicted molar refractivity (Wildman–Crippen MR) is 59.6 cm³/mol. The minimum absolute atomic E-state index is 0.264. The maximum absolute atomic E-state index is 11.8. The Balaban J connectivity index is 2.22. The molecule has 1 atom stereocenters. The Kier molecular flexibility index (Phi) is 3.30. The van der Waals surface area contributed by atoms with Crippen LogP contribution in [0.2, 0.25) is 0 Å². The summed E-state index contributed by atoms with van der Waals surface area (Å²) in [5, 5.41) is 2.43. The van der Waals surface area contributed by atoms with Crippen LogP contribution in [0.1, 0.15) is 36.2 Å². The summed E-state index contributed by atoms with van der Waals surface area (Å²) in [7, 11) is -1.24. The van der Waals surface area contributed by atoms with Gasteiger partial charge in [-0.2, -0.15) is 0 Å². The zero-order valence-electron chi connectivity index (χ0n) is 9.27. The van der Waals surface area contributed by atoms with Gasteiger partial charge in [0.05, 0.1) is 18.5 Å². The maximum atomic E-state index is 11.8. The number of nitrogens with one attached hydrogen (secondary N) is 1. The first-order valence-electron chi connectivity index (χ1n) is 5.44. The molecule has 2 heterocycles. The van der Waals surface area contributed by atoms with Gasteiger partial charge < -0.3 is 9.73 Å². The van der Waals surface area contributed by atoms with E-state index in [9.17, 15) is 8.42 Å². The molecule has 1 unspecified atom stereocenters. The first kappa shape index (κ1) is 11.6. The minimum Gasteiger partial charge on any atom is -0.443 e. The molecule has 90 valence electrons. The third kappa shape index (κ3) is 2.27. The predicted octanol–water partition coefficient (Wildman–Crippen LogP) is 1.03. The largest absolute Gasteiger partial charge is 0.443 e. The van der Waals surface area contributed by atoms with E-state index in [2.05, 4.69) is 10.3 Å². The van der Waals surface area contributed by atoms with Crippen LogP contribution in [0, 0.1) is 0 Å². The Hall–Kier alpha value is -0.880. The smallest absolute Gasteiger partial charge is 0.208 e. The van der Waals surface area contributed by atoms with Crippen LogP contribution in [0.15, 0.2) is 10.6 Å². The van der Waals surface area contributed by atoms with Gasteiger partial charge in [0.1, 0.15) is 11.0 Å². The Morgan fingerprint density at radius 2 is 2.38 bits per heavy atom. The molecule has 1 aromatic heterocycles. The minimum atomic E-state index is -3.03. The second kappa shape index (κ2) is 4.55. The number of nitrogens with zero attached hydrogens (tertiary/aromatic N) is 1. The molecule has 1 N–H and O–H groups in total. The van der Waals surface area contributed by atoms with Crippen LogP contribution in [-0.4, -0.2) is 26.2 Å². The molecule has 0 aromatic carbocycles. The van der Waals surface area contributed by atoms with Gasteiger partial charge in [-0.05, 0) is 19.9 Å². The topological polar surface area (TPSA) is 72.2 Å². The lowest BCUT2D eigenvalue weighted by Gasteiger charge is -2.19. The van der Waals surface area contributed by atoms with Crippen LogP contribution in [-0.2, 0) is 16.4 Å². The van der Waals surface area contributed by atoms with Gasteiger partial charge in [-0.1, -0.05) is 6.42 Å². The Morgan fingerprint density at radius 1 is 1.56 bits per heavy atom. The standard InChI is InChI=1S/C10H16N2O3S/c1-11-7-10-12-6-8(15-10)9-4-2-3-5-16(9,13)14/h6,9,11H,2-5,7H2,1H3. The summed E-state index contributed by atoms with van der Waals surface area (Å²) >= 11 is 0. The van der Waals surface area contributed by atoms with E-state index in [-0.39, 0.29) is 5.75 Å². The molecule has 0 saturated carbocycles. The van der Waals surface area contributed by atoms with Crippen LogP contribution in [0.25, 0.3) is 0 Å². The molecule has 1 saturated heterocycles. The van der Waals surface area contributed by atoms with E-state index >= 15 is 0 Å². The molecule has 1 aromatic rings. The fourth-order valence-corrected chi connectivity index (χ4v) is 3.86. The van der Waals surface area contributed by atoms with Crippen LogP contribution in [0.3, 0.4) is 0 Å². The summed E-state index contributed by atoms with van der Waals surface area (Å²) < 4.78 is 29.1. The van der Waals surface area contributed by atoms with Crippen molar-refractivity contribution in [1.29, 1.82) is 0 Å². The molecule has 1 aliphatic rings. The number of aromatic nitrogens is 1. The van der Waals surface area contributed by atoms with Gasteiger partial charge >= 0.3 is 0 Å². The molecule has 5 nitrogen and oxygen atoms in total. The number of rotatable bonds is 3. The monoisotopic (exact) mass is 244 g/mol. The highest BCUT2D eigenvalue weighted by molar-refractivity contribution is 7.91. The summed E-state index contributed by atoms with van der Waals surface area (Å²) in [6.07, 6.45) is 3.89. The lowest BCUT2D eigenvalue weighted by molar-refractivity contribution is 0.422. The van der Waals surface area contributed by atoms with Gasteiger partial charge in [0.25, 0.3) is 0 Å². The molecule has 1 aliphatic heterocycles. The second-order valence-electron chi connectivity index (χ2n) is 4.04. The van der Waals surface area contributed by atoms with Crippen molar-refractivity contribution in [2.75, 3.05) is 12.8 Å². The van der Waals surface area contributed by atoms with E-state index in [1.165, 1.54) is 0 Å². The number of hydrogen-bond acceptors (Lipinski definition) is 5. The van der Waals surface area contributed by atoms with E-state index in [1.54, 1.807) is 13.2 Å². The molecular weight excluding hydrogens is 228 g/mol. The second-order valence-corrected chi connectivity index (χ2v) is 6.34. The fraction of sp³-hybridized carbons (Fsp3) is 0.700. The summed E-state index contributed by atoms with van der Waals surface area (Å²) in [6.45, 7) is 0.521. The number of sulfone groups is 1. The highest BCUT2D eigenvalue weighted by Crippen LogP contribution is 2.33. The summed E-state index contributed by atoms with van der Waals surface area (Å²) in [6, 6.07) is 0. The molecule has 0 aliphatic carbocycles. The van der Waals surface area contributed by atoms with Crippen molar-refractivity contribution < 1.29 is 12.8 Å². The quantitative estimate of drug-likeness (QED) is 0.860. The molecule has 6 heteroatoms. The normalized spacial score (nSPS) is 24.4. The zero-order valence-corrected chi connectivity index (χ0v) is 10.1. The third-order valence-electron chi connectivity index (χ3n) is 2.80. The van der Waals surface area contributed by atoms with Crippen molar-refractivity contribution >= 4 is 9.84 Å². The van der Waals surface area contributed by atoms with E-state index in [4.69, 9.17) is 4.42 Å². The Morgan fingerprint density at radius 3 is 3.06 bits per heavy atom. The van der Waals surface area contributed by atoms with Gasteiger partial charge in [-0.25, -0.2) is 13.4 Å². The van der Waals surface area contributed by atoms with Crippen LogP contribution < -0.4 is 5.32 Å². The van der Waals surface area contributed by atoms with Crippen molar-refractivity contribution in [3.05, 3.63) is 17.8 Å². The van der Waals surface area contributed by atoms with E-state index in [1.807, 2.05) is 0 Å². The third-order valence-corrected chi connectivity index (χ3v) is 4.99. The van der Waals surface area contributed by atoms with Crippen LogP contribution in [0.4, 0.5) is 0 Å². The first-order valence-corrected chi connectivity index (χ1v) is 7.16. The van der Waals surface area contributed by atoms with E-state index in [0.717, 1.165) is 12.8 Å². The Labute approximate surface area is 95.2 Å². The zero-order chi connectivity index (χ0) is 11.6. The molecular formula is C10H16N2O3S. The molecule has 2 rings (SSSR count). The first-order chi connectivity index (χ1) is 7.63. The lowest BCUT2D eigenvalue weighted by atomic mass is 10.1. The van der Waals surface area contributed by atoms with Crippen molar-refractivity contribution in [3.63, 3.8) is 0 Å². The molecule has 1 fully saturated rings. The highest BCUT2D eigenvalue weighted by atomic mass is 32.2. The van der Waals surface area contributed by atoms with Crippen LogP contribution >= 0.6 is 0 Å². The van der Waals surface area contributed by atoms with Crippen molar-refractivity contribution in [2.45, 2.75) is 31.1 Å². The average Bonchev–Trinajstić information content (AvgIpc) is 2.66. The maximum Gasteiger partial charge on any atom is 0.208 e. The summed E-state index contributed by atoms with van der Waals surface area (Å²) in [4.78, 5) is 4.05. The number of oxazole rings is 1. The molecule has 0 radical (unpaired) electrons. The van der Waals surface area contributed by atoms with Crippen molar-refractivity contribution in [1.82, 2.24) is 10.3 Å². The fourth-order valence-electron chi connectivity index (χ4n) is 1.98. The van der Waals surface area contributed by atoms with Crippen molar-refractivity contribution in [2.24, 2.45) is 0 Å². The lowest BCUT2D eigenvalue weighted by Crippen LogP contribution is -2.21. The SMILES string of the molecule is CNCc1ncc(C2CCCCS2(=O)=O)o1. The van der Waals surface area contributed by atoms with Gasteiger partial charge in [-0.3, -0.25) is 0 Å². The highest BCUT2D eigenvalue weighted by Gasteiger charge is 2.32. The molecule has 0 spiro atoms. The molecule has 0 amide bonds. The molecule has 16 heavy (non-hydrogen) atoms. The average molecular weight is 244 g/mol. The van der Waals surface area contributed by atoms with Crippen molar-refractivity contribution in [3.8, 4) is 0 Å². The van der Waals surface area contributed by atoms with Gasteiger partial charge in [0.15, 0.2) is 9.84 Å². The Bertz CT molecular complexity index is 452. The van der Waals surface area contributed by atoms with Gasteiger partial charge in [0, 0.05) is 0 Å². The summed E-state index contributed by atoms with van der Waals surface area (Å²) in [5.74, 6) is 1.29. The molecule has 0 bridgehead atoms. The van der Waals surface area contributed by atoms with Gasteiger partial charge in [0.2, 0.25) is 5.89 Å². The van der Waals surface area contributed by atoms with Crippen LogP contribution in [0.5, 0.6) is 0 Å². The van der Waals surface area contributed by atoms with E-state index in [0.29, 0.717) is 24.6 Å². The number of hydrogen-bond donors (Lipinski definition) is 1. The van der Waals surface area contributed by atoms with Gasteiger partial charge in [-0.15, -0.1) is 0 Å². The van der Waals surface area contributed by atoms with E-state index < -0.39 is 15.1 Å².